The van der Waals surface area contributed by atoms with Crippen molar-refractivity contribution >= 4 is 11.7 Å². The van der Waals surface area contributed by atoms with Gasteiger partial charge >= 0.3 is 12.3 Å². The van der Waals surface area contributed by atoms with E-state index < -0.39 is 29.5 Å². The van der Waals surface area contributed by atoms with E-state index in [0.29, 0.717) is 0 Å². The van der Waals surface area contributed by atoms with E-state index in [1.165, 1.54) is 6.07 Å². The van der Waals surface area contributed by atoms with Crippen LogP contribution in [0, 0.1) is 11.3 Å². The number of nitrogens with two attached hydrogens (primary N) is 1. The van der Waals surface area contributed by atoms with E-state index in [1.54, 1.807) is 0 Å². The van der Waals surface area contributed by atoms with Gasteiger partial charge in [0.05, 0.1) is 12.8 Å². The Labute approximate surface area is 98.7 Å². The molecule has 2 N–H and O–H groups in total. The second kappa shape index (κ2) is 4.79. The molecule has 18 heavy (non-hydrogen) atoms. The van der Waals surface area contributed by atoms with Crippen LogP contribution in [0.4, 0.5) is 18.9 Å². The molecule has 0 bridgehead atoms. The summed E-state index contributed by atoms with van der Waals surface area (Å²) in [6, 6.07) is 2.33. The molecule has 1 aromatic heterocycles. The first-order chi connectivity index (χ1) is 8.28. The summed E-state index contributed by atoms with van der Waals surface area (Å²) < 4.78 is 44.0. The zero-order valence-corrected chi connectivity index (χ0v) is 8.91. The van der Waals surface area contributed by atoms with Crippen molar-refractivity contribution in [2.24, 2.45) is 0 Å². The molecule has 1 heterocycles. The maximum absolute atomic E-state index is 12.1. The van der Waals surface area contributed by atoms with Gasteiger partial charge in [-0.25, -0.2) is 9.78 Å². The van der Waals surface area contributed by atoms with Gasteiger partial charge in [-0.05, 0) is 6.07 Å². The molecule has 9 heteroatoms. The Morgan fingerprint density at radius 1 is 1.56 bits per heavy atom. The molecule has 0 radical (unpaired) electrons. The zero-order valence-electron chi connectivity index (χ0n) is 8.91. The van der Waals surface area contributed by atoms with Crippen molar-refractivity contribution in [1.82, 2.24) is 4.98 Å². The fourth-order valence-electron chi connectivity index (χ4n) is 1.05. The molecule has 0 unspecified atom stereocenters. The average Bonchev–Trinajstić information content (AvgIpc) is 2.25. The van der Waals surface area contributed by atoms with Gasteiger partial charge in [0.25, 0.3) is 0 Å². The summed E-state index contributed by atoms with van der Waals surface area (Å²) in [7, 11) is 1.02. The Bertz CT molecular complexity index is 522. The number of hydrogen-bond donors (Lipinski definition) is 1. The van der Waals surface area contributed by atoms with Crippen LogP contribution in [0.1, 0.15) is 16.1 Å². The highest BCUT2D eigenvalue weighted by atomic mass is 19.4. The molecule has 0 saturated heterocycles. The molecule has 0 atom stereocenters. The first kappa shape index (κ1) is 13.6. The van der Waals surface area contributed by atoms with Gasteiger partial charge in [0.2, 0.25) is 5.88 Å². The molecule has 6 nitrogen and oxygen atoms in total. The molecule has 1 aromatic rings. The summed E-state index contributed by atoms with van der Waals surface area (Å²) >= 11 is 0. The fraction of sp³-hybridized carbons (Fsp3) is 0.222. The second-order valence-corrected chi connectivity index (χ2v) is 2.93. The van der Waals surface area contributed by atoms with Gasteiger partial charge in [-0.15, -0.1) is 13.2 Å². The van der Waals surface area contributed by atoms with Crippen molar-refractivity contribution in [2.75, 3.05) is 12.8 Å². The number of nitriles is 1. The molecular weight excluding hydrogens is 255 g/mol. The molecule has 0 fully saturated rings. The third-order valence-corrected chi connectivity index (χ3v) is 1.74. The SMILES string of the molecule is COC(=O)c1cc(N)c(C#N)c(OC(F)(F)F)n1. The number of methoxy groups -OCH3 is 1. The number of nitrogen functional groups attached to an aromatic ring is 1. The number of rotatable bonds is 2. The number of pyridine rings is 1. The fourth-order valence-corrected chi connectivity index (χ4v) is 1.05. The standard InChI is InChI=1S/C9H6F3N3O3/c1-17-8(16)6-2-5(14)4(3-13)7(15-6)18-9(10,11)12/h2H,1H3,(H2,14,15). The summed E-state index contributed by atoms with van der Waals surface area (Å²) in [5.41, 5.74) is 3.85. The van der Waals surface area contributed by atoms with Crippen LogP contribution in [-0.2, 0) is 4.74 Å². The lowest BCUT2D eigenvalue weighted by molar-refractivity contribution is -0.276. The number of alkyl halides is 3. The van der Waals surface area contributed by atoms with Crippen LogP contribution in [0.25, 0.3) is 0 Å². The second-order valence-electron chi connectivity index (χ2n) is 2.93. The number of halogens is 3. The van der Waals surface area contributed by atoms with Gasteiger partial charge < -0.3 is 15.2 Å². The lowest BCUT2D eigenvalue weighted by Crippen LogP contribution is -2.20. The van der Waals surface area contributed by atoms with E-state index >= 15 is 0 Å². The Kier molecular flexibility index (Phi) is 3.61. The van der Waals surface area contributed by atoms with Crippen molar-refractivity contribution in [3.8, 4) is 11.9 Å². The van der Waals surface area contributed by atoms with Crippen LogP contribution in [-0.4, -0.2) is 24.4 Å². The van der Waals surface area contributed by atoms with Crippen LogP contribution in [0.3, 0.4) is 0 Å². The molecule has 0 aliphatic rings. The zero-order chi connectivity index (χ0) is 13.9. The van der Waals surface area contributed by atoms with E-state index in [0.717, 1.165) is 13.2 Å². The monoisotopic (exact) mass is 261 g/mol. The summed E-state index contributed by atoms with van der Waals surface area (Å²) in [5.74, 6) is -2.09. The van der Waals surface area contributed by atoms with Crippen LogP contribution in [0.15, 0.2) is 6.07 Å². The number of carbonyl (C=O) groups excluding carboxylic acids is 1. The highest BCUT2D eigenvalue weighted by Crippen LogP contribution is 2.28. The van der Waals surface area contributed by atoms with Crippen LogP contribution in [0.5, 0.6) is 5.88 Å². The molecule has 0 aliphatic heterocycles. The lowest BCUT2D eigenvalue weighted by Gasteiger charge is -2.11. The minimum absolute atomic E-state index is 0.368. The first-order valence-corrected chi connectivity index (χ1v) is 4.33. The predicted octanol–water partition coefficient (Wildman–Crippen LogP) is 1.22. The lowest BCUT2D eigenvalue weighted by atomic mass is 10.2. The van der Waals surface area contributed by atoms with Gasteiger partial charge in [-0.3, -0.25) is 0 Å². The van der Waals surface area contributed by atoms with E-state index in [9.17, 15) is 18.0 Å². The summed E-state index contributed by atoms with van der Waals surface area (Å²) in [6.45, 7) is 0. The molecule has 1 rings (SSSR count). The van der Waals surface area contributed by atoms with Gasteiger partial charge in [-0.2, -0.15) is 5.26 Å². The van der Waals surface area contributed by atoms with E-state index in [2.05, 4.69) is 14.5 Å². The molecule has 0 spiro atoms. The van der Waals surface area contributed by atoms with Crippen molar-refractivity contribution in [2.45, 2.75) is 6.36 Å². The quantitative estimate of drug-likeness (QED) is 0.803. The van der Waals surface area contributed by atoms with Crippen LogP contribution in [0.2, 0.25) is 0 Å². The van der Waals surface area contributed by atoms with Crippen molar-refractivity contribution < 1.29 is 27.4 Å². The van der Waals surface area contributed by atoms with Gasteiger partial charge in [0, 0.05) is 0 Å². The molecule has 0 saturated carbocycles. The maximum Gasteiger partial charge on any atom is 0.574 e. The topological polar surface area (TPSA) is 98.2 Å². The van der Waals surface area contributed by atoms with Crippen LogP contribution < -0.4 is 10.5 Å². The summed E-state index contributed by atoms with van der Waals surface area (Å²) in [6.07, 6.45) is -5.06. The molecule has 0 aliphatic carbocycles. The van der Waals surface area contributed by atoms with E-state index in [-0.39, 0.29) is 5.69 Å². The van der Waals surface area contributed by atoms with E-state index in [4.69, 9.17) is 11.0 Å². The van der Waals surface area contributed by atoms with Crippen molar-refractivity contribution in [1.29, 1.82) is 5.26 Å². The minimum Gasteiger partial charge on any atom is -0.464 e. The Morgan fingerprint density at radius 3 is 2.61 bits per heavy atom. The van der Waals surface area contributed by atoms with Crippen LogP contribution >= 0.6 is 0 Å². The smallest absolute Gasteiger partial charge is 0.464 e. The van der Waals surface area contributed by atoms with Crippen molar-refractivity contribution in [3.05, 3.63) is 17.3 Å². The number of nitrogens with zero attached hydrogens (tertiary/aromatic N) is 2. The van der Waals surface area contributed by atoms with E-state index in [1.807, 2.05) is 0 Å². The highest BCUT2D eigenvalue weighted by molar-refractivity contribution is 5.89. The Hall–Kier alpha value is -2.50. The van der Waals surface area contributed by atoms with Gasteiger partial charge in [-0.1, -0.05) is 0 Å². The number of carbonyl (C=O) groups is 1. The predicted molar refractivity (Wildman–Crippen MR) is 51.4 cm³/mol. The minimum atomic E-state index is -5.06. The Morgan fingerprint density at radius 2 is 2.17 bits per heavy atom. The molecular formula is C9H6F3N3O3. The maximum atomic E-state index is 12.1. The first-order valence-electron chi connectivity index (χ1n) is 4.33. The number of hydrogen-bond acceptors (Lipinski definition) is 6. The molecule has 96 valence electrons. The van der Waals surface area contributed by atoms with Crippen molar-refractivity contribution in [3.63, 3.8) is 0 Å². The number of anilines is 1. The van der Waals surface area contributed by atoms with Gasteiger partial charge in [0.1, 0.15) is 11.6 Å². The largest absolute Gasteiger partial charge is 0.574 e. The third kappa shape index (κ3) is 3.00. The van der Waals surface area contributed by atoms with Gasteiger partial charge in [0.15, 0.2) is 5.69 Å². The number of esters is 1. The summed E-state index contributed by atoms with van der Waals surface area (Å²) in [5, 5.41) is 8.65. The summed E-state index contributed by atoms with van der Waals surface area (Å²) in [4.78, 5) is 14.4. The molecule has 0 aromatic carbocycles. The normalized spacial score (nSPS) is 10.6. The Balaban J connectivity index is 3.33. The highest BCUT2D eigenvalue weighted by Gasteiger charge is 2.34. The number of ether oxygens (including phenoxy) is 2. The number of aromatic nitrogens is 1. The average molecular weight is 261 g/mol. The third-order valence-electron chi connectivity index (χ3n) is 1.74. The molecule has 0 amide bonds.